The number of nitrogens with zero attached hydrogens (tertiary/aromatic N) is 3. The van der Waals surface area contributed by atoms with Crippen LogP contribution in [0.4, 0.5) is 0 Å². The molecule has 0 saturated carbocycles. The van der Waals surface area contributed by atoms with Crippen LogP contribution in [0, 0.1) is 5.92 Å². The highest BCUT2D eigenvalue weighted by Gasteiger charge is 2.26. The molecule has 0 aromatic carbocycles. The van der Waals surface area contributed by atoms with Crippen molar-refractivity contribution in [1.82, 2.24) is 14.7 Å². The first kappa shape index (κ1) is 13.3. The van der Waals surface area contributed by atoms with Crippen LogP contribution in [0.25, 0.3) is 6.08 Å². The van der Waals surface area contributed by atoms with Gasteiger partial charge in [-0.3, -0.25) is 14.3 Å². The molecule has 0 spiro atoms. The van der Waals surface area contributed by atoms with E-state index in [4.69, 9.17) is 5.11 Å². The second-order valence-corrected chi connectivity index (χ2v) is 4.74. The molecule has 6 heteroatoms. The van der Waals surface area contributed by atoms with E-state index < -0.39 is 11.9 Å². The summed E-state index contributed by atoms with van der Waals surface area (Å²) in [6.45, 7) is 0.922. The van der Waals surface area contributed by atoms with E-state index in [1.54, 1.807) is 35.1 Å². The minimum atomic E-state index is -0.825. The number of carboxylic acids is 1. The van der Waals surface area contributed by atoms with E-state index in [1.165, 1.54) is 6.08 Å². The van der Waals surface area contributed by atoms with Crippen LogP contribution in [0.3, 0.4) is 0 Å². The molecule has 1 aliphatic heterocycles. The van der Waals surface area contributed by atoms with Crippen LogP contribution in [0.2, 0.25) is 0 Å². The lowest BCUT2D eigenvalue weighted by Gasteiger charge is -2.29. The van der Waals surface area contributed by atoms with Crippen molar-refractivity contribution in [3.05, 3.63) is 24.0 Å². The number of aliphatic carboxylic acids is 1. The van der Waals surface area contributed by atoms with Gasteiger partial charge in [-0.2, -0.15) is 5.10 Å². The molecule has 1 N–H and O–H groups in total. The molecule has 1 aromatic heterocycles. The molecule has 1 aromatic rings. The third kappa shape index (κ3) is 3.43. The molecular formula is C13H17N3O3. The predicted octanol–water partition coefficient (Wildman–Crippen LogP) is 0.756. The SMILES string of the molecule is Cn1cc(/C=C/C(=O)N2CCCC(C(=O)O)C2)cn1. The number of rotatable bonds is 3. The first-order valence-electron chi connectivity index (χ1n) is 6.24. The molecule has 1 amide bonds. The molecule has 102 valence electrons. The molecule has 0 radical (unpaired) electrons. The van der Waals surface area contributed by atoms with Crippen molar-refractivity contribution in [1.29, 1.82) is 0 Å². The van der Waals surface area contributed by atoms with E-state index in [-0.39, 0.29) is 5.91 Å². The van der Waals surface area contributed by atoms with E-state index in [2.05, 4.69) is 5.10 Å². The van der Waals surface area contributed by atoms with E-state index >= 15 is 0 Å². The van der Waals surface area contributed by atoms with Crippen LogP contribution < -0.4 is 0 Å². The van der Waals surface area contributed by atoms with Crippen LogP contribution in [-0.2, 0) is 16.6 Å². The Morgan fingerprint density at radius 1 is 1.53 bits per heavy atom. The molecule has 1 unspecified atom stereocenters. The standard InChI is InChI=1S/C13H17N3O3/c1-15-8-10(7-14-15)4-5-12(17)16-6-2-3-11(9-16)13(18)19/h4-5,7-8,11H,2-3,6,9H2,1H3,(H,18,19)/b5-4+. The van der Waals surface area contributed by atoms with Gasteiger partial charge in [-0.1, -0.05) is 0 Å². The second kappa shape index (κ2) is 5.69. The highest BCUT2D eigenvalue weighted by atomic mass is 16.4. The summed E-state index contributed by atoms with van der Waals surface area (Å²) in [5.74, 6) is -1.41. The van der Waals surface area contributed by atoms with Gasteiger partial charge < -0.3 is 10.0 Å². The Morgan fingerprint density at radius 2 is 2.32 bits per heavy atom. The fourth-order valence-electron chi connectivity index (χ4n) is 2.18. The van der Waals surface area contributed by atoms with Gasteiger partial charge in [-0.05, 0) is 18.9 Å². The number of carbonyl (C=O) groups is 2. The van der Waals surface area contributed by atoms with Gasteiger partial charge in [0.1, 0.15) is 0 Å². The largest absolute Gasteiger partial charge is 0.481 e. The lowest BCUT2D eigenvalue weighted by Crippen LogP contribution is -2.41. The third-order valence-electron chi connectivity index (χ3n) is 3.23. The zero-order valence-electron chi connectivity index (χ0n) is 10.8. The maximum absolute atomic E-state index is 12.0. The highest BCUT2D eigenvalue weighted by Crippen LogP contribution is 2.17. The molecule has 1 saturated heterocycles. The first-order valence-corrected chi connectivity index (χ1v) is 6.24. The number of aromatic nitrogens is 2. The first-order chi connectivity index (χ1) is 9.06. The fraction of sp³-hybridized carbons (Fsp3) is 0.462. The van der Waals surface area contributed by atoms with Crippen molar-refractivity contribution in [2.75, 3.05) is 13.1 Å². The number of carbonyl (C=O) groups excluding carboxylic acids is 1. The minimum Gasteiger partial charge on any atom is -0.481 e. The Kier molecular flexibility index (Phi) is 3.99. The highest BCUT2D eigenvalue weighted by molar-refractivity contribution is 5.92. The summed E-state index contributed by atoms with van der Waals surface area (Å²) in [6, 6.07) is 0. The average molecular weight is 263 g/mol. The van der Waals surface area contributed by atoms with Gasteiger partial charge in [0.15, 0.2) is 0 Å². The van der Waals surface area contributed by atoms with Gasteiger partial charge in [-0.25, -0.2) is 0 Å². The number of amides is 1. The van der Waals surface area contributed by atoms with Crippen molar-refractivity contribution < 1.29 is 14.7 Å². The third-order valence-corrected chi connectivity index (χ3v) is 3.23. The topological polar surface area (TPSA) is 75.4 Å². The number of hydrogen-bond acceptors (Lipinski definition) is 3. The van der Waals surface area contributed by atoms with E-state index in [9.17, 15) is 9.59 Å². The molecule has 1 atom stereocenters. The Labute approximate surface area is 111 Å². The molecule has 0 bridgehead atoms. The average Bonchev–Trinajstić information content (AvgIpc) is 2.82. The van der Waals surface area contributed by atoms with Crippen molar-refractivity contribution in [2.24, 2.45) is 13.0 Å². The van der Waals surface area contributed by atoms with Crippen molar-refractivity contribution in [3.8, 4) is 0 Å². The number of piperidine rings is 1. The molecular weight excluding hydrogens is 246 g/mol. The monoisotopic (exact) mass is 263 g/mol. The van der Waals surface area contributed by atoms with Crippen molar-refractivity contribution in [2.45, 2.75) is 12.8 Å². The van der Waals surface area contributed by atoms with Gasteiger partial charge in [-0.15, -0.1) is 0 Å². The van der Waals surface area contributed by atoms with Crippen LogP contribution in [0.5, 0.6) is 0 Å². The second-order valence-electron chi connectivity index (χ2n) is 4.74. The lowest BCUT2D eigenvalue weighted by molar-refractivity contribution is -0.144. The van der Waals surface area contributed by atoms with E-state index in [0.717, 1.165) is 12.0 Å². The van der Waals surface area contributed by atoms with E-state index in [0.29, 0.717) is 19.5 Å². The molecule has 2 heterocycles. The summed E-state index contributed by atoms with van der Waals surface area (Å²) in [6.07, 6.45) is 8.02. The number of hydrogen-bond donors (Lipinski definition) is 1. The lowest BCUT2D eigenvalue weighted by atomic mass is 9.98. The summed E-state index contributed by atoms with van der Waals surface area (Å²) < 4.78 is 1.66. The Bertz CT molecular complexity index is 507. The van der Waals surface area contributed by atoms with Crippen LogP contribution in [0.1, 0.15) is 18.4 Å². The summed E-state index contributed by atoms with van der Waals surface area (Å²) in [5, 5.41) is 13.0. The van der Waals surface area contributed by atoms with Gasteiger partial charge in [0.2, 0.25) is 5.91 Å². The van der Waals surface area contributed by atoms with Gasteiger partial charge in [0.05, 0.1) is 12.1 Å². The molecule has 1 aliphatic rings. The van der Waals surface area contributed by atoms with Gasteiger partial charge in [0, 0.05) is 38.0 Å². The Hall–Kier alpha value is -2.11. The number of aryl methyl sites for hydroxylation is 1. The Balaban J connectivity index is 1.96. The quantitative estimate of drug-likeness (QED) is 0.817. The summed E-state index contributed by atoms with van der Waals surface area (Å²) in [7, 11) is 1.81. The molecule has 1 fully saturated rings. The maximum Gasteiger partial charge on any atom is 0.308 e. The van der Waals surface area contributed by atoms with E-state index in [1.807, 2.05) is 0 Å². The van der Waals surface area contributed by atoms with Crippen LogP contribution in [-0.4, -0.2) is 44.8 Å². The van der Waals surface area contributed by atoms with Gasteiger partial charge in [0.25, 0.3) is 0 Å². The summed E-state index contributed by atoms with van der Waals surface area (Å²) >= 11 is 0. The molecule has 0 aliphatic carbocycles. The maximum atomic E-state index is 12.0. The molecule has 6 nitrogen and oxygen atoms in total. The van der Waals surface area contributed by atoms with Crippen LogP contribution in [0.15, 0.2) is 18.5 Å². The van der Waals surface area contributed by atoms with Crippen molar-refractivity contribution in [3.63, 3.8) is 0 Å². The molecule has 2 rings (SSSR count). The Morgan fingerprint density at radius 3 is 2.95 bits per heavy atom. The predicted molar refractivity (Wildman–Crippen MR) is 69.2 cm³/mol. The normalized spacial score (nSPS) is 19.8. The summed E-state index contributed by atoms with van der Waals surface area (Å²) in [4.78, 5) is 24.5. The van der Waals surface area contributed by atoms with Crippen LogP contribution >= 0.6 is 0 Å². The number of likely N-dealkylation sites (tertiary alicyclic amines) is 1. The molecule has 19 heavy (non-hydrogen) atoms. The number of carboxylic acid groups (broad SMARTS) is 1. The summed E-state index contributed by atoms with van der Waals surface area (Å²) in [5.41, 5.74) is 0.850. The van der Waals surface area contributed by atoms with Gasteiger partial charge >= 0.3 is 5.97 Å². The smallest absolute Gasteiger partial charge is 0.308 e. The van der Waals surface area contributed by atoms with Crippen molar-refractivity contribution >= 4 is 18.0 Å². The minimum absolute atomic E-state index is 0.144. The zero-order valence-corrected chi connectivity index (χ0v) is 10.8. The fourth-order valence-corrected chi connectivity index (χ4v) is 2.18. The zero-order chi connectivity index (χ0) is 13.8.